The van der Waals surface area contributed by atoms with Gasteiger partial charge in [0.2, 0.25) is 0 Å². The number of nitrogens with one attached hydrogen (secondary N) is 1. The van der Waals surface area contributed by atoms with Gasteiger partial charge >= 0.3 is 5.97 Å². The number of hydrogen-bond acceptors (Lipinski definition) is 3. The van der Waals surface area contributed by atoms with E-state index in [-0.39, 0.29) is 23.6 Å². The normalized spacial score (nSPS) is 22.2. The number of carboxylic acids is 1. The van der Waals surface area contributed by atoms with Gasteiger partial charge in [-0.3, -0.25) is 4.79 Å². The van der Waals surface area contributed by atoms with Crippen LogP contribution < -0.4 is 5.32 Å². The molecule has 102 valence electrons. The number of carbonyl (C=O) groups is 2. The molecule has 1 aromatic carbocycles. The number of ether oxygens (including phenoxy) is 1. The van der Waals surface area contributed by atoms with E-state index in [4.69, 9.17) is 21.4 Å². The summed E-state index contributed by atoms with van der Waals surface area (Å²) in [5.41, 5.74) is -0.0557. The molecule has 0 unspecified atom stereocenters. The third-order valence-corrected chi connectivity index (χ3v) is 3.09. The Hall–Kier alpha value is -1.66. The SMILES string of the molecule is O=C(Nc1cccc(Cl)c1F)[C@@H]1CC[C@H](C(=O)O)O1. The molecule has 2 atom stereocenters. The number of amides is 1. The van der Waals surface area contributed by atoms with Gasteiger partial charge in [0.15, 0.2) is 11.9 Å². The molecular weight excluding hydrogens is 277 g/mol. The Morgan fingerprint density at radius 2 is 2.05 bits per heavy atom. The van der Waals surface area contributed by atoms with Gasteiger partial charge in [0, 0.05) is 0 Å². The lowest BCUT2D eigenvalue weighted by atomic mass is 10.2. The van der Waals surface area contributed by atoms with E-state index in [1.165, 1.54) is 18.2 Å². The zero-order valence-corrected chi connectivity index (χ0v) is 10.5. The van der Waals surface area contributed by atoms with Crippen molar-refractivity contribution in [3.05, 3.63) is 29.0 Å². The molecule has 1 heterocycles. The number of carbonyl (C=O) groups excluding carboxylic acids is 1. The number of aliphatic carboxylic acids is 1. The summed E-state index contributed by atoms with van der Waals surface area (Å²) in [7, 11) is 0. The standard InChI is InChI=1S/C12H11ClFNO4/c13-6-2-1-3-7(10(6)14)15-11(16)8-4-5-9(19-8)12(17)18/h1-3,8-9H,4-5H2,(H,15,16)(H,17,18)/t8-,9+/m0/s1. The van der Waals surface area contributed by atoms with E-state index < -0.39 is 29.9 Å². The summed E-state index contributed by atoms with van der Waals surface area (Å²) in [6.07, 6.45) is -1.34. The Morgan fingerprint density at radius 1 is 1.37 bits per heavy atom. The number of carboxylic acid groups (broad SMARTS) is 1. The molecule has 2 rings (SSSR count). The molecule has 0 spiro atoms. The highest BCUT2D eigenvalue weighted by Crippen LogP contribution is 2.25. The van der Waals surface area contributed by atoms with E-state index in [9.17, 15) is 14.0 Å². The third-order valence-electron chi connectivity index (χ3n) is 2.80. The summed E-state index contributed by atoms with van der Waals surface area (Å²) < 4.78 is 18.6. The minimum atomic E-state index is -1.11. The van der Waals surface area contributed by atoms with Gasteiger partial charge in [0.1, 0.15) is 6.10 Å². The zero-order chi connectivity index (χ0) is 14.0. The fourth-order valence-corrected chi connectivity index (χ4v) is 2.00. The van der Waals surface area contributed by atoms with Crippen LogP contribution in [0.4, 0.5) is 10.1 Å². The fourth-order valence-electron chi connectivity index (χ4n) is 1.83. The number of anilines is 1. The van der Waals surface area contributed by atoms with Crippen molar-refractivity contribution in [2.75, 3.05) is 5.32 Å². The second-order valence-electron chi connectivity index (χ2n) is 4.12. The van der Waals surface area contributed by atoms with Gasteiger partial charge in [-0.05, 0) is 25.0 Å². The minimum absolute atomic E-state index is 0.0557. The Kier molecular flexibility index (Phi) is 4.01. The lowest BCUT2D eigenvalue weighted by molar-refractivity contribution is -0.150. The summed E-state index contributed by atoms with van der Waals surface area (Å²) >= 11 is 5.59. The minimum Gasteiger partial charge on any atom is -0.479 e. The third kappa shape index (κ3) is 3.02. The van der Waals surface area contributed by atoms with E-state index in [1.54, 1.807) is 0 Å². The summed E-state index contributed by atoms with van der Waals surface area (Å²) in [5.74, 6) is -2.42. The molecule has 1 aromatic rings. The molecule has 0 bridgehead atoms. The van der Waals surface area contributed by atoms with Crippen molar-refractivity contribution in [1.29, 1.82) is 0 Å². The summed E-state index contributed by atoms with van der Waals surface area (Å²) in [4.78, 5) is 22.5. The average molecular weight is 288 g/mol. The number of rotatable bonds is 3. The first-order valence-corrected chi connectivity index (χ1v) is 6.00. The van der Waals surface area contributed by atoms with Crippen molar-refractivity contribution in [3.8, 4) is 0 Å². The molecule has 2 N–H and O–H groups in total. The van der Waals surface area contributed by atoms with E-state index in [2.05, 4.69) is 5.32 Å². The highest BCUT2D eigenvalue weighted by molar-refractivity contribution is 6.31. The molecule has 0 aliphatic carbocycles. The maximum absolute atomic E-state index is 13.6. The number of hydrogen-bond donors (Lipinski definition) is 2. The molecule has 1 fully saturated rings. The van der Waals surface area contributed by atoms with Crippen molar-refractivity contribution in [1.82, 2.24) is 0 Å². The van der Waals surface area contributed by atoms with Crippen LogP contribution >= 0.6 is 11.6 Å². The predicted octanol–water partition coefficient (Wildman–Crippen LogP) is 2.05. The van der Waals surface area contributed by atoms with E-state index in [0.717, 1.165) is 0 Å². The Balaban J connectivity index is 2.02. The molecule has 0 saturated carbocycles. The molecular formula is C12H11ClFNO4. The average Bonchev–Trinajstić information content (AvgIpc) is 2.84. The van der Waals surface area contributed by atoms with Crippen LogP contribution in [0.1, 0.15) is 12.8 Å². The van der Waals surface area contributed by atoms with Crippen LogP contribution in [0.2, 0.25) is 5.02 Å². The zero-order valence-electron chi connectivity index (χ0n) is 9.73. The van der Waals surface area contributed by atoms with E-state index in [1.807, 2.05) is 0 Å². The smallest absolute Gasteiger partial charge is 0.332 e. The Labute approximate surface area is 113 Å². The van der Waals surface area contributed by atoms with Crippen molar-refractivity contribution in [2.24, 2.45) is 0 Å². The Bertz CT molecular complexity index is 522. The molecule has 7 heteroatoms. The van der Waals surface area contributed by atoms with E-state index in [0.29, 0.717) is 0 Å². The summed E-state index contributed by atoms with van der Waals surface area (Å²) in [6.45, 7) is 0. The molecule has 1 aliphatic rings. The molecule has 0 radical (unpaired) electrons. The summed E-state index contributed by atoms with van der Waals surface area (Å²) in [6, 6.07) is 4.22. The van der Waals surface area contributed by atoms with Crippen LogP contribution in [0.5, 0.6) is 0 Å². The number of benzene rings is 1. The van der Waals surface area contributed by atoms with Crippen molar-refractivity contribution in [3.63, 3.8) is 0 Å². The predicted molar refractivity (Wildman–Crippen MR) is 65.6 cm³/mol. The van der Waals surface area contributed by atoms with Crippen LogP contribution in [0.25, 0.3) is 0 Å². The molecule has 1 saturated heterocycles. The quantitative estimate of drug-likeness (QED) is 0.892. The van der Waals surface area contributed by atoms with Gasteiger partial charge in [0.05, 0.1) is 10.7 Å². The topological polar surface area (TPSA) is 75.6 Å². The molecule has 5 nitrogen and oxygen atoms in total. The Morgan fingerprint density at radius 3 is 2.68 bits per heavy atom. The van der Waals surface area contributed by atoms with Crippen LogP contribution in [-0.4, -0.2) is 29.2 Å². The largest absolute Gasteiger partial charge is 0.479 e. The summed E-state index contributed by atoms with van der Waals surface area (Å²) in [5, 5.41) is 11.0. The highest BCUT2D eigenvalue weighted by Gasteiger charge is 2.34. The van der Waals surface area contributed by atoms with Crippen LogP contribution in [0, 0.1) is 5.82 Å². The van der Waals surface area contributed by atoms with Gasteiger partial charge in [-0.2, -0.15) is 0 Å². The van der Waals surface area contributed by atoms with Gasteiger partial charge in [-0.15, -0.1) is 0 Å². The second-order valence-corrected chi connectivity index (χ2v) is 4.53. The van der Waals surface area contributed by atoms with E-state index >= 15 is 0 Å². The lowest BCUT2D eigenvalue weighted by Crippen LogP contribution is -2.30. The van der Waals surface area contributed by atoms with Gasteiger partial charge in [0.25, 0.3) is 5.91 Å². The monoisotopic (exact) mass is 287 g/mol. The van der Waals surface area contributed by atoms with Crippen LogP contribution in [0.3, 0.4) is 0 Å². The van der Waals surface area contributed by atoms with Gasteiger partial charge < -0.3 is 15.2 Å². The van der Waals surface area contributed by atoms with Crippen molar-refractivity contribution in [2.45, 2.75) is 25.0 Å². The second kappa shape index (κ2) is 5.54. The van der Waals surface area contributed by atoms with Gasteiger partial charge in [-0.1, -0.05) is 17.7 Å². The molecule has 1 aliphatic heterocycles. The van der Waals surface area contributed by atoms with Crippen LogP contribution in [-0.2, 0) is 14.3 Å². The molecule has 1 amide bonds. The first-order valence-electron chi connectivity index (χ1n) is 5.62. The molecule has 0 aromatic heterocycles. The first kappa shape index (κ1) is 13.8. The lowest BCUT2D eigenvalue weighted by Gasteiger charge is -2.12. The highest BCUT2D eigenvalue weighted by atomic mass is 35.5. The number of halogens is 2. The first-order chi connectivity index (χ1) is 8.99. The van der Waals surface area contributed by atoms with Crippen molar-refractivity contribution < 1.29 is 23.8 Å². The van der Waals surface area contributed by atoms with Gasteiger partial charge in [-0.25, -0.2) is 9.18 Å². The van der Waals surface area contributed by atoms with Crippen LogP contribution in [0.15, 0.2) is 18.2 Å². The van der Waals surface area contributed by atoms with Crippen molar-refractivity contribution >= 4 is 29.2 Å². The maximum Gasteiger partial charge on any atom is 0.332 e. The maximum atomic E-state index is 13.6. The molecule has 19 heavy (non-hydrogen) atoms. The fraction of sp³-hybridized carbons (Fsp3) is 0.333.